The fourth-order valence-electron chi connectivity index (χ4n) is 6.28. The summed E-state index contributed by atoms with van der Waals surface area (Å²) in [5.74, 6) is 2.22. The molecule has 1 aromatic carbocycles. The van der Waals surface area contributed by atoms with E-state index in [-0.39, 0.29) is 11.5 Å². The largest absolute Gasteiger partial charge is 0.456 e. The number of rotatable bonds is 5. The zero-order valence-corrected chi connectivity index (χ0v) is 19.2. The van der Waals surface area contributed by atoms with E-state index >= 15 is 0 Å². The van der Waals surface area contributed by atoms with Crippen LogP contribution in [-0.4, -0.2) is 33.3 Å². The topological polar surface area (TPSA) is 76.5 Å². The molecule has 0 aliphatic heterocycles. The summed E-state index contributed by atoms with van der Waals surface area (Å²) < 4.78 is 5.58. The number of hydrogen-bond acceptors (Lipinski definition) is 6. The van der Waals surface area contributed by atoms with E-state index in [9.17, 15) is 4.79 Å². The van der Waals surface area contributed by atoms with Crippen molar-refractivity contribution in [2.75, 3.05) is 5.32 Å². The van der Waals surface area contributed by atoms with Crippen molar-refractivity contribution in [3.63, 3.8) is 0 Å². The van der Waals surface area contributed by atoms with Gasteiger partial charge in [0.15, 0.2) is 0 Å². The number of aromatic nitrogens is 2. The highest BCUT2D eigenvalue weighted by Gasteiger charge is 2.51. The van der Waals surface area contributed by atoms with Crippen molar-refractivity contribution >= 4 is 23.6 Å². The van der Waals surface area contributed by atoms with Crippen LogP contribution >= 0.6 is 0 Å². The molecule has 6 nitrogen and oxygen atoms in total. The van der Waals surface area contributed by atoms with Gasteiger partial charge in [-0.05, 0) is 95.2 Å². The Labute approximate surface area is 189 Å². The van der Waals surface area contributed by atoms with Gasteiger partial charge in [0.1, 0.15) is 11.9 Å². The summed E-state index contributed by atoms with van der Waals surface area (Å²) in [7, 11) is 0. The zero-order valence-electron chi connectivity index (χ0n) is 19.2. The Morgan fingerprint density at radius 3 is 2.31 bits per heavy atom. The minimum Gasteiger partial charge on any atom is -0.456 e. The van der Waals surface area contributed by atoms with Crippen molar-refractivity contribution in [3.8, 4) is 0 Å². The maximum Gasteiger partial charge on any atom is 0.338 e. The van der Waals surface area contributed by atoms with Gasteiger partial charge < -0.3 is 10.1 Å². The van der Waals surface area contributed by atoms with E-state index in [2.05, 4.69) is 15.3 Å². The molecule has 1 heterocycles. The second kappa shape index (κ2) is 7.98. The number of nitrogens with zero attached hydrogens (tertiary/aromatic N) is 3. The summed E-state index contributed by atoms with van der Waals surface area (Å²) in [5.41, 5.74) is 2.66. The van der Waals surface area contributed by atoms with Crippen LogP contribution in [0, 0.1) is 17.8 Å². The number of carbonyl (C=O) groups excluding carboxylic acids is 1. The smallest absolute Gasteiger partial charge is 0.338 e. The summed E-state index contributed by atoms with van der Waals surface area (Å²) in [4.78, 5) is 25.6. The molecule has 32 heavy (non-hydrogen) atoms. The number of hydrogen-bond donors (Lipinski definition) is 1. The molecule has 0 saturated heterocycles. The number of benzene rings is 1. The highest BCUT2D eigenvalue weighted by Crippen LogP contribution is 2.57. The zero-order chi connectivity index (χ0) is 22.3. The van der Waals surface area contributed by atoms with Crippen molar-refractivity contribution in [2.45, 2.75) is 70.4 Å². The highest BCUT2D eigenvalue weighted by molar-refractivity contribution is 5.93. The molecule has 2 aromatic rings. The molecule has 0 unspecified atom stereocenters. The Morgan fingerprint density at radius 2 is 1.72 bits per heavy atom. The molecular weight excluding hydrogens is 400 g/mol. The van der Waals surface area contributed by atoms with Crippen LogP contribution in [0.4, 0.5) is 11.4 Å². The molecule has 1 aromatic heterocycles. The van der Waals surface area contributed by atoms with Crippen LogP contribution in [0.2, 0.25) is 0 Å². The van der Waals surface area contributed by atoms with Crippen LogP contribution < -0.4 is 5.32 Å². The predicted octanol–water partition coefficient (Wildman–Crippen LogP) is 5.56. The molecule has 0 amide bonds. The molecular formula is C26H32N4O2. The minimum absolute atomic E-state index is 0.155. The lowest BCUT2D eigenvalue weighted by Gasteiger charge is -2.57. The van der Waals surface area contributed by atoms with E-state index in [1.54, 1.807) is 18.6 Å². The molecule has 0 spiro atoms. The lowest BCUT2D eigenvalue weighted by atomic mass is 9.53. The highest BCUT2D eigenvalue weighted by atomic mass is 16.6. The fraction of sp³-hybridized carbons (Fsp3) is 0.538. The van der Waals surface area contributed by atoms with E-state index in [1.807, 2.05) is 39.0 Å². The second-order valence-electron chi connectivity index (χ2n) is 11.0. The normalized spacial score (nSPS) is 28.8. The predicted molar refractivity (Wildman–Crippen MR) is 125 cm³/mol. The van der Waals surface area contributed by atoms with Crippen molar-refractivity contribution in [1.82, 2.24) is 9.97 Å². The van der Waals surface area contributed by atoms with Gasteiger partial charge in [-0.1, -0.05) is 0 Å². The fourth-order valence-corrected chi connectivity index (χ4v) is 6.28. The molecule has 4 saturated carbocycles. The third-order valence-electron chi connectivity index (χ3n) is 7.00. The number of aliphatic imine (C=N–C) groups is 1. The SMILES string of the molecule is CC(C)(C)OC(=O)c1ccc(NC23CC4CC(CC(C4)C2)C3)c(/N=C\c2cncnc2)c1. The molecule has 4 aliphatic carbocycles. The lowest BCUT2D eigenvalue weighted by Crippen LogP contribution is -2.54. The van der Waals surface area contributed by atoms with Crippen molar-refractivity contribution in [3.05, 3.63) is 48.0 Å². The molecule has 4 aliphatic rings. The summed E-state index contributed by atoms with van der Waals surface area (Å²) >= 11 is 0. The van der Waals surface area contributed by atoms with Crippen molar-refractivity contribution in [2.24, 2.45) is 22.7 Å². The molecule has 0 atom stereocenters. The third kappa shape index (κ3) is 4.54. The maximum absolute atomic E-state index is 12.7. The Morgan fingerprint density at radius 1 is 1.09 bits per heavy atom. The Kier molecular flexibility index (Phi) is 5.26. The number of nitrogens with one attached hydrogen (secondary N) is 1. The van der Waals surface area contributed by atoms with Gasteiger partial charge in [-0.25, -0.2) is 14.8 Å². The summed E-state index contributed by atoms with van der Waals surface area (Å²) in [5, 5.41) is 3.91. The molecule has 168 valence electrons. The first-order valence-electron chi connectivity index (χ1n) is 11.7. The molecule has 0 radical (unpaired) electrons. The quantitative estimate of drug-likeness (QED) is 0.494. The van der Waals surface area contributed by atoms with Gasteiger partial charge in [0.2, 0.25) is 0 Å². The van der Waals surface area contributed by atoms with Gasteiger partial charge >= 0.3 is 5.97 Å². The first kappa shape index (κ1) is 21.1. The third-order valence-corrected chi connectivity index (χ3v) is 7.00. The summed E-state index contributed by atoms with van der Waals surface area (Å²) in [6.07, 6.45) is 14.6. The second-order valence-corrected chi connectivity index (χ2v) is 11.0. The first-order valence-corrected chi connectivity index (χ1v) is 11.7. The Balaban J connectivity index is 1.46. The van der Waals surface area contributed by atoms with Crippen LogP contribution in [0.1, 0.15) is 75.2 Å². The van der Waals surface area contributed by atoms with Gasteiger partial charge in [-0.2, -0.15) is 0 Å². The van der Waals surface area contributed by atoms with Gasteiger partial charge in [0, 0.05) is 29.7 Å². The molecule has 4 fully saturated rings. The average molecular weight is 433 g/mol. The average Bonchev–Trinajstić information content (AvgIpc) is 2.71. The van der Waals surface area contributed by atoms with E-state index in [0.29, 0.717) is 5.56 Å². The van der Waals surface area contributed by atoms with Crippen LogP contribution in [0.3, 0.4) is 0 Å². The van der Waals surface area contributed by atoms with Crippen molar-refractivity contribution in [1.29, 1.82) is 0 Å². The van der Waals surface area contributed by atoms with Gasteiger partial charge in [-0.15, -0.1) is 0 Å². The standard InChI is InChI=1S/C26H32N4O2/c1-25(2,3)32-24(31)21-4-5-22(23(9-21)29-15-20-13-27-16-28-14-20)30-26-10-17-6-18(11-26)8-19(7-17)12-26/h4-5,9,13-19,30H,6-8,10-12H2,1-3H3/b29-15-. The van der Waals surface area contributed by atoms with Gasteiger partial charge in [-0.3, -0.25) is 4.99 Å². The maximum atomic E-state index is 12.7. The van der Waals surface area contributed by atoms with Gasteiger partial charge in [0.05, 0.1) is 16.9 Å². The van der Waals surface area contributed by atoms with E-state index in [4.69, 9.17) is 9.73 Å². The monoisotopic (exact) mass is 432 g/mol. The number of anilines is 1. The Hall–Kier alpha value is -2.76. The number of carbonyl (C=O) groups is 1. The van der Waals surface area contributed by atoms with Crippen LogP contribution in [0.15, 0.2) is 41.9 Å². The van der Waals surface area contributed by atoms with Gasteiger partial charge in [0.25, 0.3) is 0 Å². The Bertz CT molecular complexity index is 991. The van der Waals surface area contributed by atoms with Crippen molar-refractivity contribution < 1.29 is 9.53 Å². The number of ether oxygens (including phenoxy) is 1. The molecule has 1 N–H and O–H groups in total. The number of esters is 1. The minimum atomic E-state index is -0.544. The molecule has 4 bridgehead atoms. The van der Waals surface area contributed by atoms with Crippen LogP contribution in [0.25, 0.3) is 0 Å². The van der Waals surface area contributed by atoms with E-state index in [1.165, 1.54) is 44.9 Å². The summed E-state index contributed by atoms with van der Waals surface area (Å²) in [6, 6.07) is 5.67. The molecule has 6 heteroatoms. The summed E-state index contributed by atoms with van der Waals surface area (Å²) in [6.45, 7) is 5.63. The van der Waals surface area contributed by atoms with E-state index in [0.717, 1.165) is 34.7 Å². The van der Waals surface area contributed by atoms with Crippen LogP contribution in [-0.2, 0) is 4.74 Å². The molecule has 6 rings (SSSR count). The first-order chi connectivity index (χ1) is 15.3. The van der Waals surface area contributed by atoms with E-state index < -0.39 is 5.60 Å². The van der Waals surface area contributed by atoms with Crippen LogP contribution in [0.5, 0.6) is 0 Å². The lowest BCUT2D eigenvalue weighted by molar-refractivity contribution is 0.00695.